The predicted molar refractivity (Wildman–Crippen MR) is 76.7 cm³/mol. The topological polar surface area (TPSA) is 34.1 Å². The lowest BCUT2D eigenvalue weighted by molar-refractivity contribution is 0.341. The van der Waals surface area contributed by atoms with E-state index >= 15 is 0 Å². The van der Waals surface area contributed by atoms with Gasteiger partial charge in [-0.1, -0.05) is 24.2 Å². The van der Waals surface area contributed by atoms with Gasteiger partial charge in [0, 0.05) is 6.04 Å². The number of anilines is 1. The molecule has 3 nitrogen and oxygen atoms in total. The molecule has 0 spiro atoms. The van der Waals surface area contributed by atoms with Gasteiger partial charge in [-0.15, -0.1) is 0 Å². The number of benzene rings is 1. The second kappa shape index (κ2) is 5.14. The summed E-state index contributed by atoms with van der Waals surface area (Å²) >= 11 is 1.72. The summed E-state index contributed by atoms with van der Waals surface area (Å²) in [6.45, 7) is 2.71. The van der Waals surface area contributed by atoms with E-state index in [9.17, 15) is 0 Å². The fraction of sp³-hybridized carbons (Fsp3) is 0.500. The molecule has 96 valence electrons. The molecule has 0 aliphatic heterocycles. The Morgan fingerprint density at radius 2 is 2.22 bits per heavy atom. The van der Waals surface area contributed by atoms with Crippen molar-refractivity contribution in [3.63, 3.8) is 0 Å². The number of aromatic nitrogens is 1. The van der Waals surface area contributed by atoms with Crippen LogP contribution in [0.5, 0.6) is 5.75 Å². The van der Waals surface area contributed by atoms with Crippen LogP contribution in [-0.4, -0.2) is 17.6 Å². The minimum Gasteiger partial charge on any atom is -0.494 e. The van der Waals surface area contributed by atoms with Crippen molar-refractivity contribution in [1.29, 1.82) is 0 Å². The summed E-state index contributed by atoms with van der Waals surface area (Å²) in [5, 5.41) is 4.60. The van der Waals surface area contributed by atoms with Gasteiger partial charge in [0.25, 0.3) is 0 Å². The smallest absolute Gasteiger partial charge is 0.184 e. The SMILES string of the molecule is CCOc1ccc2nc(NC3CCCC3)sc2c1. The van der Waals surface area contributed by atoms with Crippen molar-refractivity contribution < 1.29 is 4.74 Å². The first-order valence-electron chi connectivity index (χ1n) is 6.65. The Kier molecular flexibility index (Phi) is 3.37. The van der Waals surface area contributed by atoms with Crippen molar-refractivity contribution >= 4 is 26.7 Å². The van der Waals surface area contributed by atoms with Gasteiger partial charge in [0.15, 0.2) is 5.13 Å². The highest BCUT2D eigenvalue weighted by atomic mass is 32.1. The van der Waals surface area contributed by atoms with Gasteiger partial charge < -0.3 is 10.1 Å². The second-order valence-corrected chi connectivity index (χ2v) is 5.74. The van der Waals surface area contributed by atoms with Gasteiger partial charge in [0.1, 0.15) is 5.75 Å². The lowest BCUT2D eigenvalue weighted by Crippen LogP contribution is -2.13. The van der Waals surface area contributed by atoms with Crippen molar-refractivity contribution in [2.45, 2.75) is 38.6 Å². The van der Waals surface area contributed by atoms with Crippen molar-refractivity contribution in [1.82, 2.24) is 4.98 Å². The van der Waals surface area contributed by atoms with Crippen LogP contribution in [-0.2, 0) is 0 Å². The highest BCUT2D eigenvalue weighted by Crippen LogP contribution is 2.31. The zero-order valence-electron chi connectivity index (χ0n) is 10.6. The summed E-state index contributed by atoms with van der Waals surface area (Å²) in [6, 6.07) is 6.73. The Bertz CT molecular complexity index is 532. The molecule has 0 bridgehead atoms. The maximum absolute atomic E-state index is 5.52. The number of nitrogens with zero attached hydrogens (tertiary/aromatic N) is 1. The minimum absolute atomic E-state index is 0.622. The van der Waals surface area contributed by atoms with Gasteiger partial charge in [-0.05, 0) is 38.0 Å². The molecule has 4 heteroatoms. The van der Waals surface area contributed by atoms with Crippen molar-refractivity contribution in [3.8, 4) is 5.75 Å². The number of hydrogen-bond donors (Lipinski definition) is 1. The molecular formula is C14H18N2OS. The Morgan fingerprint density at radius 1 is 1.39 bits per heavy atom. The van der Waals surface area contributed by atoms with E-state index in [0.29, 0.717) is 12.6 Å². The summed E-state index contributed by atoms with van der Waals surface area (Å²) in [7, 11) is 0. The predicted octanol–water partition coefficient (Wildman–Crippen LogP) is 4.05. The molecule has 1 saturated carbocycles. The molecule has 1 aromatic carbocycles. The number of ether oxygens (including phenoxy) is 1. The monoisotopic (exact) mass is 262 g/mol. The Labute approximate surface area is 111 Å². The van der Waals surface area contributed by atoms with Crippen molar-refractivity contribution in [2.75, 3.05) is 11.9 Å². The molecule has 1 aromatic heterocycles. The van der Waals surface area contributed by atoms with E-state index in [2.05, 4.69) is 16.4 Å². The van der Waals surface area contributed by atoms with Gasteiger partial charge in [-0.2, -0.15) is 0 Å². The number of rotatable bonds is 4. The van der Waals surface area contributed by atoms with Gasteiger partial charge in [0.05, 0.1) is 16.8 Å². The zero-order valence-corrected chi connectivity index (χ0v) is 11.4. The van der Waals surface area contributed by atoms with Gasteiger partial charge in [0.2, 0.25) is 0 Å². The normalized spacial score (nSPS) is 16.3. The molecule has 0 atom stereocenters. The Hall–Kier alpha value is -1.29. The summed E-state index contributed by atoms with van der Waals surface area (Å²) in [4.78, 5) is 4.63. The fourth-order valence-corrected chi connectivity index (χ4v) is 3.44. The average Bonchev–Trinajstić information content (AvgIpc) is 2.98. The van der Waals surface area contributed by atoms with E-state index in [-0.39, 0.29) is 0 Å². The minimum atomic E-state index is 0.622. The largest absolute Gasteiger partial charge is 0.494 e. The van der Waals surface area contributed by atoms with Gasteiger partial charge in [-0.3, -0.25) is 0 Å². The fourth-order valence-electron chi connectivity index (χ4n) is 2.47. The Balaban J connectivity index is 1.81. The standard InChI is InChI=1S/C14H18N2OS/c1-2-17-11-7-8-12-13(9-11)18-14(16-12)15-10-5-3-4-6-10/h7-10H,2-6H2,1H3,(H,15,16). The number of thiazole rings is 1. The van der Waals surface area contributed by atoms with Crippen LogP contribution in [0.4, 0.5) is 5.13 Å². The van der Waals surface area contributed by atoms with Crippen LogP contribution in [0.25, 0.3) is 10.2 Å². The molecule has 18 heavy (non-hydrogen) atoms. The van der Waals surface area contributed by atoms with Crippen molar-refractivity contribution in [2.24, 2.45) is 0 Å². The summed E-state index contributed by atoms with van der Waals surface area (Å²) < 4.78 is 6.71. The summed E-state index contributed by atoms with van der Waals surface area (Å²) in [6.07, 6.45) is 5.24. The molecule has 3 rings (SSSR count). The van der Waals surface area contributed by atoms with Crippen LogP contribution in [0.1, 0.15) is 32.6 Å². The maximum atomic E-state index is 5.52. The third-order valence-corrected chi connectivity index (χ3v) is 4.30. The first kappa shape index (κ1) is 11.8. The van der Waals surface area contributed by atoms with Crippen LogP contribution < -0.4 is 10.1 Å². The van der Waals surface area contributed by atoms with E-state index in [4.69, 9.17) is 4.74 Å². The number of hydrogen-bond acceptors (Lipinski definition) is 4. The first-order valence-corrected chi connectivity index (χ1v) is 7.47. The lowest BCUT2D eigenvalue weighted by Gasteiger charge is -2.09. The maximum Gasteiger partial charge on any atom is 0.184 e. The van der Waals surface area contributed by atoms with Crippen LogP contribution in [0, 0.1) is 0 Å². The molecular weight excluding hydrogens is 244 g/mol. The van der Waals surface area contributed by atoms with E-state index in [1.54, 1.807) is 11.3 Å². The van der Waals surface area contributed by atoms with Crippen LogP contribution in [0.15, 0.2) is 18.2 Å². The lowest BCUT2D eigenvalue weighted by atomic mass is 10.3. The molecule has 1 aliphatic carbocycles. The second-order valence-electron chi connectivity index (χ2n) is 4.71. The van der Waals surface area contributed by atoms with Gasteiger partial charge >= 0.3 is 0 Å². The molecule has 1 aliphatic rings. The zero-order chi connectivity index (χ0) is 12.4. The van der Waals surface area contributed by atoms with Crippen LogP contribution in [0.3, 0.4) is 0 Å². The molecule has 1 heterocycles. The molecule has 2 aromatic rings. The van der Waals surface area contributed by atoms with Crippen LogP contribution >= 0.6 is 11.3 Å². The highest BCUT2D eigenvalue weighted by Gasteiger charge is 2.16. The highest BCUT2D eigenvalue weighted by molar-refractivity contribution is 7.22. The molecule has 0 radical (unpaired) electrons. The van der Waals surface area contributed by atoms with Crippen LogP contribution in [0.2, 0.25) is 0 Å². The summed E-state index contributed by atoms with van der Waals surface area (Å²) in [5.41, 5.74) is 1.06. The third-order valence-electron chi connectivity index (χ3n) is 3.35. The first-order chi connectivity index (χ1) is 8.85. The molecule has 0 saturated heterocycles. The third kappa shape index (κ3) is 2.43. The quantitative estimate of drug-likeness (QED) is 0.902. The van der Waals surface area contributed by atoms with E-state index in [1.165, 1.54) is 30.4 Å². The number of fused-ring (bicyclic) bond motifs is 1. The van der Waals surface area contributed by atoms with E-state index < -0.39 is 0 Å². The van der Waals surface area contributed by atoms with Crippen molar-refractivity contribution in [3.05, 3.63) is 18.2 Å². The van der Waals surface area contributed by atoms with E-state index in [1.807, 2.05) is 19.1 Å². The number of nitrogens with one attached hydrogen (secondary N) is 1. The molecule has 1 fully saturated rings. The molecule has 1 N–H and O–H groups in total. The van der Waals surface area contributed by atoms with Gasteiger partial charge in [-0.25, -0.2) is 4.98 Å². The molecule has 0 unspecified atom stereocenters. The summed E-state index contributed by atoms with van der Waals surface area (Å²) in [5.74, 6) is 0.932. The Morgan fingerprint density at radius 3 is 3.00 bits per heavy atom. The molecule has 0 amide bonds. The average molecular weight is 262 g/mol. The van der Waals surface area contributed by atoms with E-state index in [0.717, 1.165) is 16.4 Å².